The maximum atomic E-state index is 11.6. The van der Waals surface area contributed by atoms with Crippen molar-refractivity contribution < 1.29 is 4.79 Å². The van der Waals surface area contributed by atoms with E-state index in [1.807, 2.05) is 13.8 Å². The molecule has 0 aromatic carbocycles. The Morgan fingerprint density at radius 2 is 2.00 bits per heavy atom. The van der Waals surface area contributed by atoms with Gasteiger partial charge in [-0.05, 0) is 26.7 Å². The van der Waals surface area contributed by atoms with Crippen molar-refractivity contribution in [1.29, 1.82) is 0 Å². The predicted octanol–water partition coefficient (Wildman–Crippen LogP) is 1.03. The molecule has 1 fully saturated rings. The third kappa shape index (κ3) is 2.99. The number of carbonyl (C=O) groups is 1. The van der Waals surface area contributed by atoms with Crippen LogP contribution < -0.4 is 11.1 Å². The van der Waals surface area contributed by atoms with Gasteiger partial charge in [0, 0.05) is 12.1 Å². The van der Waals surface area contributed by atoms with Gasteiger partial charge < -0.3 is 11.1 Å². The van der Waals surface area contributed by atoms with Gasteiger partial charge in [-0.15, -0.1) is 0 Å². The Hall–Kier alpha value is -0.570. The van der Waals surface area contributed by atoms with E-state index in [-0.39, 0.29) is 23.9 Å². The molecule has 0 aliphatic heterocycles. The van der Waals surface area contributed by atoms with Gasteiger partial charge in [-0.25, -0.2) is 0 Å². The zero-order valence-corrected chi connectivity index (χ0v) is 8.55. The molecule has 0 bridgehead atoms. The molecule has 1 aliphatic carbocycles. The van der Waals surface area contributed by atoms with Crippen LogP contribution in [0.5, 0.6) is 0 Å². The average Bonchev–Trinajstić information content (AvgIpc) is 2.03. The lowest BCUT2D eigenvalue weighted by Gasteiger charge is -2.28. The first kappa shape index (κ1) is 10.5. The van der Waals surface area contributed by atoms with Crippen molar-refractivity contribution in [2.75, 3.05) is 0 Å². The largest absolute Gasteiger partial charge is 0.354 e. The van der Waals surface area contributed by atoms with Crippen molar-refractivity contribution in [3.05, 3.63) is 0 Å². The number of amides is 1. The van der Waals surface area contributed by atoms with Crippen LogP contribution in [0.25, 0.3) is 0 Å². The van der Waals surface area contributed by atoms with E-state index in [0.717, 1.165) is 19.3 Å². The van der Waals surface area contributed by atoms with Gasteiger partial charge in [0.15, 0.2) is 0 Å². The molecule has 0 unspecified atom stereocenters. The third-order valence-electron chi connectivity index (χ3n) is 2.59. The van der Waals surface area contributed by atoms with E-state index in [1.54, 1.807) is 0 Å². The molecule has 76 valence electrons. The molecule has 3 N–H and O–H groups in total. The molecule has 0 radical (unpaired) electrons. The van der Waals surface area contributed by atoms with Crippen LogP contribution in [0, 0.1) is 5.92 Å². The molecule has 1 amide bonds. The van der Waals surface area contributed by atoms with E-state index >= 15 is 0 Å². The van der Waals surface area contributed by atoms with Gasteiger partial charge in [-0.2, -0.15) is 0 Å². The molecular formula is C10H20N2O. The number of hydrogen-bond donors (Lipinski definition) is 2. The van der Waals surface area contributed by atoms with Crippen molar-refractivity contribution in [2.24, 2.45) is 11.7 Å². The molecule has 2 atom stereocenters. The summed E-state index contributed by atoms with van der Waals surface area (Å²) in [5.74, 6) is 0.193. The van der Waals surface area contributed by atoms with E-state index in [2.05, 4.69) is 5.32 Å². The summed E-state index contributed by atoms with van der Waals surface area (Å²) in [5, 5.41) is 2.92. The molecule has 3 heteroatoms. The fourth-order valence-corrected chi connectivity index (χ4v) is 1.88. The Morgan fingerprint density at radius 3 is 2.54 bits per heavy atom. The molecule has 1 rings (SSSR count). The topological polar surface area (TPSA) is 55.1 Å². The van der Waals surface area contributed by atoms with Gasteiger partial charge in [-0.3, -0.25) is 4.79 Å². The van der Waals surface area contributed by atoms with E-state index in [9.17, 15) is 4.79 Å². The number of nitrogens with one attached hydrogen (secondary N) is 1. The molecule has 0 aromatic rings. The van der Waals surface area contributed by atoms with Gasteiger partial charge in [0.2, 0.25) is 5.91 Å². The minimum absolute atomic E-state index is 0.0520. The molecule has 3 nitrogen and oxygen atoms in total. The fourth-order valence-electron chi connectivity index (χ4n) is 1.88. The fraction of sp³-hybridized carbons (Fsp3) is 0.900. The summed E-state index contributed by atoms with van der Waals surface area (Å²) >= 11 is 0. The summed E-state index contributed by atoms with van der Waals surface area (Å²) < 4.78 is 0. The average molecular weight is 184 g/mol. The zero-order valence-electron chi connectivity index (χ0n) is 8.55. The van der Waals surface area contributed by atoms with Crippen LogP contribution in [0.3, 0.4) is 0 Å². The van der Waals surface area contributed by atoms with Gasteiger partial charge in [0.05, 0.1) is 5.92 Å². The van der Waals surface area contributed by atoms with Crippen LogP contribution in [0.15, 0.2) is 0 Å². The van der Waals surface area contributed by atoms with E-state index in [4.69, 9.17) is 5.73 Å². The summed E-state index contributed by atoms with van der Waals surface area (Å²) in [4.78, 5) is 11.6. The lowest BCUT2D eigenvalue weighted by Crippen LogP contribution is -2.45. The molecule has 1 saturated carbocycles. The molecule has 0 saturated heterocycles. The highest BCUT2D eigenvalue weighted by molar-refractivity contribution is 5.79. The first-order valence-electron chi connectivity index (χ1n) is 5.17. The number of nitrogens with two attached hydrogens (primary N) is 1. The maximum Gasteiger partial charge on any atom is 0.224 e. The van der Waals surface area contributed by atoms with Gasteiger partial charge >= 0.3 is 0 Å². The molecule has 1 aliphatic rings. The van der Waals surface area contributed by atoms with E-state index in [1.165, 1.54) is 6.42 Å². The number of rotatable bonds is 2. The number of hydrogen-bond acceptors (Lipinski definition) is 2. The molecular weight excluding hydrogens is 164 g/mol. The number of carbonyl (C=O) groups excluding carboxylic acids is 1. The maximum absolute atomic E-state index is 11.6. The van der Waals surface area contributed by atoms with E-state index < -0.39 is 0 Å². The Bertz CT molecular complexity index is 180. The van der Waals surface area contributed by atoms with Crippen LogP contribution in [0.1, 0.15) is 39.5 Å². The highest BCUT2D eigenvalue weighted by Crippen LogP contribution is 2.22. The monoisotopic (exact) mass is 184 g/mol. The standard InChI is InChI=1S/C10H20N2O/c1-7(2)12-10(13)8-5-3-4-6-9(8)11/h7-9H,3-6,11H2,1-2H3,(H,12,13)/t8-,9+/m1/s1. The lowest BCUT2D eigenvalue weighted by molar-refractivity contribution is -0.126. The first-order valence-corrected chi connectivity index (χ1v) is 5.17. The second-order valence-electron chi connectivity index (χ2n) is 4.22. The van der Waals surface area contributed by atoms with Gasteiger partial charge in [-0.1, -0.05) is 12.8 Å². The molecule has 0 heterocycles. The van der Waals surface area contributed by atoms with E-state index in [0.29, 0.717) is 0 Å². The van der Waals surface area contributed by atoms with Gasteiger partial charge in [0.1, 0.15) is 0 Å². The van der Waals surface area contributed by atoms with Crippen LogP contribution >= 0.6 is 0 Å². The van der Waals surface area contributed by atoms with Gasteiger partial charge in [0.25, 0.3) is 0 Å². The highest BCUT2D eigenvalue weighted by atomic mass is 16.2. The van der Waals surface area contributed by atoms with Crippen molar-refractivity contribution in [3.63, 3.8) is 0 Å². The van der Waals surface area contributed by atoms with Crippen molar-refractivity contribution in [1.82, 2.24) is 5.32 Å². The smallest absolute Gasteiger partial charge is 0.224 e. The van der Waals surface area contributed by atoms with Crippen LogP contribution in [0.4, 0.5) is 0 Å². The predicted molar refractivity (Wildman–Crippen MR) is 53.2 cm³/mol. The third-order valence-corrected chi connectivity index (χ3v) is 2.59. The summed E-state index contributed by atoms with van der Waals surface area (Å²) in [5.41, 5.74) is 5.89. The minimum atomic E-state index is 0.0520. The summed E-state index contributed by atoms with van der Waals surface area (Å²) in [6, 6.07) is 0.300. The Balaban J connectivity index is 2.44. The highest BCUT2D eigenvalue weighted by Gasteiger charge is 2.28. The van der Waals surface area contributed by atoms with Crippen molar-refractivity contribution in [3.8, 4) is 0 Å². The zero-order chi connectivity index (χ0) is 9.84. The quantitative estimate of drug-likeness (QED) is 0.673. The van der Waals surface area contributed by atoms with Crippen LogP contribution in [-0.4, -0.2) is 18.0 Å². The second-order valence-corrected chi connectivity index (χ2v) is 4.22. The van der Waals surface area contributed by atoms with Crippen molar-refractivity contribution >= 4 is 5.91 Å². The Morgan fingerprint density at radius 1 is 1.38 bits per heavy atom. The van der Waals surface area contributed by atoms with Crippen LogP contribution in [0.2, 0.25) is 0 Å². The first-order chi connectivity index (χ1) is 6.11. The minimum Gasteiger partial charge on any atom is -0.354 e. The lowest BCUT2D eigenvalue weighted by atomic mass is 9.84. The molecule has 0 aromatic heterocycles. The normalized spacial score (nSPS) is 28.9. The summed E-state index contributed by atoms with van der Waals surface area (Å²) in [6.45, 7) is 3.96. The second kappa shape index (κ2) is 4.61. The summed E-state index contributed by atoms with van der Waals surface area (Å²) in [6.07, 6.45) is 4.27. The summed E-state index contributed by atoms with van der Waals surface area (Å²) in [7, 11) is 0. The molecule has 0 spiro atoms. The SMILES string of the molecule is CC(C)NC(=O)[C@@H]1CCCC[C@@H]1N. The Labute approximate surface area is 80.1 Å². The molecule has 13 heavy (non-hydrogen) atoms. The van der Waals surface area contributed by atoms with Crippen LogP contribution in [-0.2, 0) is 4.79 Å². The Kier molecular flexibility index (Phi) is 3.72. The van der Waals surface area contributed by atoms with Crippen molar-refractivity contribution in [2.45, 2.75) is 51.6 Å².